The summed E-state index contributed by atoms with van der Waals surface area (Å²) in [6.45, 7) is 4.95. The summed E-state index contributed by atoms with van der Waals surface area (Å²) in [6.07, 6.45) is 0.936. The maximum atomic E-state index is 4.62. The molecule has 0 aliphatic carbocycles. The Morgan fingerprint density at radius 1 is 1.11 bits per heavy atom. The van der Waals surface area contributed by atoms with Gasteiger partial charge in [-0.2, -0.15) is 0 Å². The lowest BCUT2D eigenvalue weighted by Gasteiger charge is -1.90. The van der Waals surface area contributed by atoms with Crippen molar-refractivity contribution in [2.45, 2.75) is 20.3 Å². The Morgan fingerprint density at radius 3 is 2.33 bits per heavy atom. The number of hydrogen-bond acceptors (Lipinski definition) is 4. The molecule has 4 nitrogen and oxygen atoms in total. The quantitative estimate of drug-likeness (QED) is 0.325. The second kappa shape index (κ2) is 7.20. The van der Waals surface area contributed by atoms with E-state index in [1.807, 2.05) is 13.8 Å². The van der Waals surface area contributed by atoms with E-state index >= 15 is 0 Å². The predicted octanol–water partition coefficient (Wildman–Crippen LogP) is 1.73. The van der Waals surface area contributed by atoms with Gasteiger partial charge in [0.2, 0.25) is 0 Å². The van der Waals surface area contributed by atoms with E-state index in [4.69, 9.17) is 0 Å². The first-order valence-electron chi connectivity index (χ1n) is 3.06. The first-order valence-corrected chi connectivity index (χ1v) is 3.06. The SMILES string of the molecule is CCCON=NOCC. The van der Waals surface area contributed by atoms with Crippen LogP contribution in [-0.4, -0.2) is 13.2 Å². The highest BCUT2D eigenvalue weighted by molar-refractivity contribution is 4.15. The molecule has 0 amide bonds. The maximum Gasteiger partial charge on any atom is 0.118 e. The lowest BCUT2D eigenvalue weighted by Crippen LogP contribution is -1.83. The van der Waals surface area contributed by atoms with Gasteiger partial charge in [-0.15, -0.1) is 0 Å². The molecule has 0 aromatic carbocycles. The van der Waals surface area contributed by atoms with Crippen LogP contribution in [0.15, 0.2) is 10.6 Å². The lowest BCUT2D eigenvalue weighted by molar-refractivity contribution is 0.0460. The molecule has 0 aliphatic heterocycles. The largest absolute Gasteiger partial charge is 0.377 e. The summed E-state index contributed by atoms with van der Waals surface area (Å²) in [7, 11) is 0. The Morgan fingerprint density at radius 2 is 1.78 bits per heavy atom. The molecular weight excluding hydrogens is 120 g/mol. The van der Waals surface area contributed by atoms with E-state index in [1.54, 1.807) is 0 Å². The van der Waals surface area contributed by atoms with Crippen LogP contribution in [0.4, 0.5) is 0 Å². The zero-order chi connectivity index (χ0) is 6.95. The van der Waals surface area contributed by atoms with Crippen molar-refractivity contribution >= 4 is 0 Å². The monoisotopic (exact) mass is 132 g/mol. The zero-order valence-corrected chi connectivity index (χ0v) is 5.83. The number of hydrogen-bond donors (Lipinski definition) is 0. The molecule has 0 aliphatic rings. The summed E-state index contributed by atoms with van der Waals surface area (Å²) in [4.78, 5) is 9.13. The van der Waals surface area contributed by atoms with Crippen LogP contribution in [0.2, 0.25) is 0 Å². The minimum atomic E-state index is 0.527. The standard InChI is InChI=1S/C5H12N2O2/c1-3-5-9-7-6-8-4-2/h3-5H2,1-2H3. The van der Waals surface area contributed by atoms with E-state index in [0.29, 0.717) is 13.2 Å². The first-order chi connectivity index (χ1) is 4.41. The summed E-state index contributed by atoms with van der Waals surface area (Å²) in [6, 6.07) is 0. The fourth-order valence-electron chi connectivity index (χ4n) is 0.237. The van der Waals surface area contributed by atoms with Crippen molar-refractivity contribution in [2.75, 3.05) is 13.2 Å². The second-order valence-corrected chi connectivity index (χ2v) is 1.41. The van der Waals surface area contributed by atoms with Crippen LogP contribution in [0, 0.1) is 0 Å². The van der Waals surface area contributed by atoms with Crippen molar-refractivity contribution in [1.82, 2.24) is 0 Å². The summed E-state index contributed by atoms with van der Waals surface area (Å²) >= 11 is 0. The summed E-state index contributed by atoms with van der Waals surface area (Å²) in [5.41, 5.74) is 0. The van der Waals surface area contributed by atoms with Crippen LogP contribution in [0.5, 0.6) is 0 Å². The molecule has 0 N–H and O–H groups in total. The molecule has 0 heterocycles. The van der Waals surface area contributed by atoms with Crippen LogP contribution in [-0.2, 0) is 9.68 Å². The molecule has 0 atom stereocenters. The summed E-state index contributed by atoms with van der Waals surface area (Å²) in [5, 5.41) is 6.48. The predicted molar refractivity (Wildman–Crippen MR) is 32.7 cm³/mol. The molecule has 54 valence electrons. The molecule has 0 bridgehead atoms. The molecule has 0 rings (SSSR count). The first kappa shape index (κ1) is 8.20. The van der Waals surface area contributed by atoms with Crippen molar-refractivity contribution in [2.24, 2.45) is 10.6 Å². The van der Waals surface area contributed by atoms with E-state index in [2.05, 4.69) is 20.2 Å². The fourth-order valence-corrected chi connectivity index (χ4v) is 0.237. The Kier molecular flexibility index (Phi) is 6.56. The molecule has 0 saturated carbocycles. The van der Waals surface area contributed by atoms with Gasteiger partial charge < -0.3 is 9.68 Å². The highest BCUT2D eigenvalue weighted by atomic mass is 16.7. The topological polar surface area (TPSA) is 43.2 Å². The van der Waals surface area contributed by atoms with Gasteiger partial charge in [-0.3, -0.25) is 0 Å². The normalized spacial score (nSPS) is 10.0. The van der Waals surface area contributed by atoms with Crippen LogP contribution in [0.3, 0.4) is 0 Å². The molecule has 0 aromatic heterocycles. The molecule has 0 fully saturated rings. The maximum absolute atomic E-state index is 4.62. The zero-order valence-electron chi connectivity index (χ0n) is 5.83. The minimum Gasteiger partial charge on any atom is -0.377 e. The third kappa shape index (κ3) is 7.20. The van der Waals surface area contributed by atoms with E-state index in [-0.39, 0.29) is 0 Å². The van der Waals surface area contributed by atoms with Gasteiger partial charge in [0.25, 0.3) is 0 Å². The average molecular weight is 132 g/mol. The Bertz CT molecular complexity index is 75.4. The third-order valence-electron chi connectivity index (χ3n) is 0.573. The Balaban J connectivity index is 2.86. The highest BCUT2D eigenvalue weighted by Gasteiger charge is 1.76. The minimum absolute atomic E-state index is 0.527. The second-order valence-electron chi connectivity index (χ2n) is 1.41. The smallest absolute Gasteiger partial charge is 0.118 e. The van der Waals surface area contributed by atoms with Crippen molar-refractivity contribution in [3.63, 3.8) is 0 Å². The van der Waals surface area contributed by atoms with Crippen molar-refractivity contribution < 1.29 is 9.68 Å². The van der Waals surface area contributed by atoms with Crippen LogP contribution >= 0.6 is 0 Å². The van der Waals surface area contributed by atoms with Gasteiger partial charge in [-0.25, -0.2) is 0 Å². The molecule has 0 saturated heterocycles. The van der Waals surface area contributed by atoms with E-state index in [1.165, 1.54) is 0 Å². The van der Waals surface area contributed by atoms with Crippen molar-refractivity contribution in [1.29, 1.82) is 0 Å². The Labute approximate surface area is 54.8 Å². The molecule has 0 spiro atoms. The molecular formula is C5H12N2O2. The van der Waals surface area contributed by atoms with Gasteiger partial charge in [-0.05, 0) is 13.3 Å². The van der Waals surface area contributed by atoms with Gasteiger partial charge in [0.05, 0.1) is 10.6 Å². The average Bonchev–Trinajstić information content (AvgIpc) is 1.89. The summed E-state index contributed by atoms with van der Waals surface area (Å²) in [5.74, 6) is 0. The van der Waals surface area contributed by atoms with Crippen molar-refractivity contribution in [3.05, 3.63) is 0 Å². The van der Waals surface area contributed by atoms with Gasteiger partial charge >= 0.3 is 0 Å². The van der Waals surface area contributed by atoms with Crippen LogP contribution in [0.25, 0.3) is 0 Å². The van der Waals surface area contributed by atoms with Gasteiger partial charge in [-0.1, -0.05) is 6.92 Å². The van der Waals surface area contributed by atoms with Crippen LogP contribution < -0.4 is 0 Å². The third-order valence-corrected chi connectivity index (χ3v) is 0.573. The molecule has 4 heteroatoms. The number of nitrogens with zero attached hydrogens (tertiary/aromatic N) is 2. The fraction of sp³-hybridized carbons (Fsp3) is 1.00. The van der Waals surface area contributed by atoms with Crippen molar-refractivity contribution in [3.8, 4) is 0 Å². The van der Waals surface area contributed by atoms with Crippen LogP contribution in [0.1, 0.15) is 20.3 Å². The summed E-state index contributed by atoms with van der Waals surface area (Å²) < 4.78 is 0. The van der Waals surface area contributed by atoms with Gasteiger partial charge in [0.1, 0.15) is 13.2 Å². The van der Waals surface area contributed by atoms with E-state index in [0.717, 1.165) is 6.42 Å². The van der Waals surface area contributed by atoms with Gasteiger partial charge in [0, 0.05) is 0 Å². The van der Waals surface area contributed by atoms with E-state index in [9.17, 15) is 0 Å². The Hall–Kier alpha value is -0.800. The molecule has 0 unspecified atom stereocenters. The van der Waals surface area contributed by atoms with Gasteiger partial charge in [0.15, 0.2) is 0 Å². The lowest BCUT2D eigenvalue weighted by atomic mass is 10.5. The number of rotatable bonds is 5. The van der Waals surface area contributed by atoms with E-state index < -0.39 is 0 Å². The molecule has 9 heavy (non-hydrogen) atoms. The molecule has 0 radical (unpaired) electrons. The molecule has 0 aromatic rings. The highest BCUT2D eigenvalue weighted by Crippen LogP contribution is 1.83.